The Morgan fingerprint density at radius 1 is 0.758 bits per heavy atom. The highest BCUT2D eigenvalue weighted by molar-refractivity contribution is 5.93. The van der Waals surface area contributed by atoms with Gasteiger partial charge in [-0.05, 0) is 36.6 Å². The van der Waals surface area contributed by atoms with Gasteiger partial charge in [-0.25, -0.2) is 0 Å². The lowest BCUT2D eigenvalue weighted by Crippen LogP contribution is -2.50. The number of carbonyl (C=O) groups excluding carboxylic acids is 2. The molecular formula is C28H29N3O2. The third kappa shape index (κ3) is 5.32. The van der Waals surface area contributed by atoms with Crippen molar-refractivity contribution < 1.29 is 9.59 Å². The number of fused-ring (bicyclic) bond motifs is 1. The van der Waals surface area contributed by atoms with E-state index in [1.165, 1.54) is 0 Å². The number of H-pyrrole nitrogens is 1. The van der Waals surface area contributed by atoms with E-state index in [1.807, 2.05) is 105 Å². The maximum atomic E-state index is 13.6. The van der Waals surface area contributed by atoms with Crippen molar-refractivity contribution in [2.45, 2.75) is 38.3 Å². The predicted octanol–water partition coefficient (Wildman–Crippen LogP) is 4.55. The number of benzene rings is 3. The van der Waals surface area contributed by atoms with Gasteiger partial charge in [0.1, 0.15) is 6.04 Å². The van der Waals surface area contributed by atoms with E-state index >= 15 is 0 Å². The molecule has 0 saturated heterocycles. The molecule has 33 heavy (non-hydrogen) atoms. The summed E-state index contributed by atoms with van der Waals surface area (Å²) in [7, 11) is 0. The normalized spacial score (nSPS) is 12.1. The molecule has 0 aliphatic heterocycles. The molecule has 0 radical (unpaired) electrons. The first-order valence-electron chi connectivity index (χ1n) is 11.3. The highest BCUT2D eigenvalue weighted by Gasteiger charge is 2.28. The highest BCUT2D eigenvalue weighted by Crippen LogP contribution is 2.25. The number of rotatable bonds is 8. The molecule has 1 heterocycles. The summed E-state index contributed by atoms with van der Waals surface area (Å²) in [6.07, 6.45) is 2.31. The van der Waals surface area contributed by atoms with Gasteiger partial charge in [0.05, 0.1) is 5.92 Å². The Kier molecular flexibility index (Phi) is 6.89. The van der Waals surface area contributed by atoms with Gasteiger partial charge < -0.3 is 15.6 Å². The summed E-state index contributed by atoms with van der Waals surface area (Å²) in [6, 6.07) is 26.6. The van der Waals surface area contributed by atoms with Crippen LogP contribution in [0.5, 0.6) is 0 Å². The fourth-order valence-corrected chi connectivity index (χ4v) is 4.16. The second-order valence-corrected chi connectivity index (χ2v) is 8.54. The standard InChI is InChI=1S/C28H29N3O2/c1-19(2)30-27(32)25(17-22-18-29-24-16-10-9-15-23(22)24)31-28(33)26(20-11-5-3-6-12-20)21-13-7-4-8-14-21/h3-16,18-19,25-26,29H,17H2,1-2H3,(H,30,32)(H,31,33)/t25-/m1/s1. The summed E-state index contributed by atoms with van der Waals surface area (Å²) in [6.45, 7) is 3.83. The van der Waals surface area contributed by atoms with Gasteiger partial charge in [0.2, 0.25) is 11.8 Å². The molecule has 0 bridgehead atoms. The van der Waals surface area contributed by atoms with Gasteiger partial charge in [-0.3, -0.25) is 9.59 Å². The fraction of sp³-hybridized carbons (Fsp3) is 0.214. The molecule has 5 heteroatoms. The van der Waals surface area contributed by atoms with Crippen molar-refractivity contribution in [2.24, 2.45) is 0 Å². The van der Waals surface area contributed by atoms with Gasteiger partial charge in [-0.1, -0.05) is 78.9 Å². The van der Waals surface area contributed by atoms with Crippen LogP contribution >= 0.6 is 0 Å². The topological polar surface area (TPSA) is 74.0 Å². The summed E-state index contributed by atoms with van der Waals surface area (Å²) >= 11 is 0. The van der Waals surface area contributed by atoms with E-state index in [2.05, 4.69) is 15.6 Å². The van der Waals surface area contributed by atoms with Crippen LogP contribution in [-0.2, 0) is 16.0 Å². The van der Waals surface area contributed by atoms with Gasteiger partial charge in [0.15, 0.2) is 0 Å². The maximum Gasteiger partial charge on any atom is 0.243 e. The van der Waals surface area contributed by atoms with E-state index in [1.54, 1.807) is 0 Å². The van der Waals surface area contributed by atoms with Crippen molar-refractivity contribution in [3.8, 4) is 0 Å². The van der Waals surface area contributed by atoms with Crippen molar-refractivity contribution >= 4 is 22.7 Å². The number of aromatic amines is 1. The van der Waals surface area contributed by atoms with E-state index < -0.39 is 12.0 Å². The molecule has 0 saturated carbocycles. The molecule has 0 unspecified atom stereocenters. The van der Waals surface area contributed by atoms with Crippen molar-refractivity contribution in [3.05, 3.63) is 108 Å². The molecule has 3 aromatic carbocycles. The zero-order chi connectivity index (χ0) is 23.2. The van der Waals surface area contributed by atoms with Crippen LogP contribution in [0.2, 0.25) is 0 Å². The zero-order valence-corrected chi connectivity index (χ0v) is 18.9. The van der Waals surface area contributed by atoms with Gasteiger partial charge in [-0.2, -0.15) is 0 Å². The lowest BCUT2D eigenvalue weighted by Gasteiger charge is -2.24. The van der Waals surface area contributed by atoms with Crippen LogP contribution in [0.3, 0.4) is 0 Å². The van der Waals surface area contributed by atoms with E-state index in [4.69, 9.17) is 0 Å². The molecule has 3 N–H and O–H groups in total. The van der Waals surface area contributed by atoms with Gasteiger partial charge in [0, 0.05) is 29.6 Å². The third-order valence-corrected chi connectivity index (χ3v) is 5.69. The lowest BCUT2D eigenvalue weighted by atomic mass is 9.90. The van der Waals surface area contributed by atoms with E-state index in [9.17, 15) is 9.59 Å². The Balaban J connectivity index is 1.65. The van der Waals surface area contributed by atoms with Crippen LogP contribution in [0.15, 0.2) is 91.1 Å². The smallest absolute Gasteiger partial charge is 0.243 e. The Labute approximate surface area is 194 Å². The average molecular weight is 440 g/mol. The fourth-order valence-electron chi connectivity index (χ4n) is 4.16. The van der Waals surface area contributed by atoms with Crippen LogP contribution < -0.4 is 10.6 Å². The van der Waals surface area contributed by atoms with Crippen LogP contribution in [0.4, 0.5) is 0 Å². The molecule has 0 spiro atoms. The first kappa shape index (κ1) is 22.3. The summed E-state index contributed by atoms with van der Waals surface area (Å²) in [5, 5.41) is 7.07. The molecule has 1 atom stereocenters. The summed E-state index contributed by atoms with van der Waals surface area (Å²) < 4.78 is 0. The van der Waals surface area contributed by atoms with Gasteiger partial charge in [-0.15, -0.1) is 0 Å². The number of hydrogen-bond donors (Lipinski definition) is 3. The predicted molar refractivity (Wildman–Crippen MR) is 132 cm³/mol. The summed E-state index contributed by atoms with van der Waals surface area (Å²) in [5.41, 5.74) is 3.77. The van der Waals surface area contributed by atoms with E-state index in [-0.39, 0.29) is 17.9 Å². The highest BCUT2D eigenvalue weighted by atomic mass is 16.2. The SMILES string of the molecule is CC(C)NC(=O)[C@@H](Cc1c[nH]c2ccccc12)NC(=O)C(c1ccccc1)c1ccccc1. The Bertz CT molecular complexity index is 1180. The van der Waals surface area contributed by atoms with Crippen LogP contribution in [0, 0.1) is 0 Å². The molecule has 0 aliphatic rings. The Hall–Kier alpha value is -3.86. The number of hydrogen-bond acceptors (Lipinski definition) is 2. The molecule has 5 nitrogen and oxygen atoms in total. The Morgan fingerprint density at radius 2 is 1.33 bits per heavy atom. The quantitative estimate of drug-likeness (QED) is 0.377. The molecule has 4 rings (SSSR count). The second kappa shape index (κ2) is 10.2. The van der Waals surface area contributed by atoms with Crippen LogP contribution in [0.25, 0.3) is 10.9 Å². The van der Waals surface area contributed by atoms with Crippen molar-refractivity contribution in [1.82, 2.24) is 15.6 Å². The molecular weight excluding hydrogens is 410 g/mol. The lowest BCUT2D eigenvalue weighted by molar-refractivity contribution is -0.129. The number of carbonyl (C=O) groups is 2. The molecule has 2 amide bonds. The minimum atomic E-state index is -0.700. The number of nitrogens with one attached hydrogen (secondary N) is 3. The second-order valence-electron chi connectivity index (χ2n) is 8.54. The van der Waals surface area contributed by atoms with Gasteiger partial charge in [0.25, 0.3) is 0 Å². The minimum absolute atomic E-state index is 0.0288. The van der Waals surface area contributed by atoms with Crippen molar-refractivity contribution in [3.63, 3.8) is 0 Å². The van der Waals surface area contributed by atoms with Crippen molar-refractivity contribution in [2.75, 3.05) is 0 Å². The minimum Gasteiger partial charge on any atom is -0.361 e. The van der Waals surface area contributed by atoms with Crippen molar-refractivity contribution in [1.29, 1.82) is 0 Å². The van der Waals surface area contributed by atoms with Gasteiger partial charge >= 0.3 is 0 Å². The third-order valence-electron chi connectivity index (χ3n) is 5.69. The first-order chi connectivity index (χ1) is 16.0. The summed E-state index contributed by atoms with van der Waals surface area (Å²) in [4.78, 5) is 30.0. The summed E-state index contributed by atoms with van der Waals surface area (Å²) in [5.74, 6) is -0.899. The average Bonchev–Trinajstić information content (AvgIpc) is 3.23. The van der Waals surface area contributed by atoms with Crippen LogP contribution in [0.1, 0.15) is 36.5 Å². The monoisotopic (exact) mass is 439 g/mol. The van der Waals surface area contributed by atoms with Crippen LogP contribution in [-0.4, -0.2) is 28.9 Å². The number of amides is 2. The molecule has 4 aromatic rings. The number of para-hydroxylation sites is 1. The Morgan fingerprint density at radius 3 is 1.94 bits per heavy atom. The first-order valence-corrected chi connectivity index (χ1v) is 11.3. The molecule has 1 aromatic heterocycles. The van der Waals surface area contributed by atoms with E-state index in [0.29, 0.717) is 6.42 Å². The zero-order valence-electron chi connectivity index (χ0n) is 18.9. The van der Waals surface area contributed by atoms with E-state index in [0.717, 1.165) is 27.6 Å². The molecule has 0 aliphatic carbocycles. The number of aromatic nitrogens is 1. The molecule has 168 valence electrons. The maximum absolute atomic E-state index is 13.6. The largest absolute Gasteiger partial charge is 0.361 e. The molecule has 0 fully saturated rings.